The molecule has 106 valence electrons. The van der Waals surface area contributed by atoms with Gasteiger partial charge in [0.15, 0.2) is 0 Å². The molecule has 0 radical (unpaired) electrons. The lowest BCUT2D eigenvalue weighted by Gasteiger charge is -2.30. The lowest BCUT2D eigenvalue weighted by atomic mass is 9.84. The highest BCUT2D eigenvalue weighted by molar-refractivity contribution is 5.76. The van der Waals surface area contributed by atoms with Crippen LogP contribution in [-0.4, -0.2) is 36.5 Å². The minimum Gasteiger partial charge on any atom is -0.339 e. The van der Waals surface area contributed by atoms with Gasteiger partial charge in [0, 0.05) is 25.6 Å². The number of hydrogen-bond acceptors (Lipinski definition) is 2. The number of rotatable bonds is 5. The number of nitrogens with zero attached hydrogens (tertiary/aromatic N) is 1. The van der Waals surface area contributed by atoms with Gasteiger partial charge in [0.1, 0.15) is 0 Å². The van der Waals surface area contributed by atoms with Gasteiger partial charge < -0.3 is 10.2 Å². The number of carbonyl (C=O) groups is 1. The molecule has 0 aliphatic carbocycles. The second kappa shape index (κ2) is 6.55. The summed E-state index contributed by atoms with van der Waals surface area (Å²) in [6.45, 7) is 13.9. The average molecular weight is 254 g/mol. The Labute approximate surface area is 112 Å². The molecule has 18 heavy (non-hydrogen) atoms. The highest BCUT2D eigenvalue weighted by Crippen LogP contribution is 2.26. The Morgan fingerprint density at radius 2 is 2.11 bits per heavy atom. The van der Waals surface area contributed by atoms with Crippen LogP contribution >= 0.6 is 0 Å². The minimum absolute atomic E-state index is 0.311. The molecule has 3 nitrogen and oxygen atoms in total. The van der Waals surface area contributed by atoms with Crippen LogP contribution in [0.2, 0.25) is 0 Å². The Morgan fingerprint density at radius 3 is 2.56 bits per heavy atom. The smallest absolute Gasteiger partial charge is 0.223 e. The van der Waals surface area contributed by atoms with Gasteiger partial charge in [-0.3, -0.25) is 4.79 Å². The van der Waals surface area contributed by atoms with E-state index < -0.39 is 0 Å². The maximum atomic E-state index is 12.4. The summed E-state index contributed by atoms with van der Waals surface area (Å²) in [4.78, 5) is 14.4. The number of hydrogen-bond donors (Lipinski definition) is 1. The third-order valence-corrected chi connectivity index (χ3v) is 3.62. The van der Waals surface area contributed by atoms with Crippen LogP contribution < -0.4 is 5.32 Å². The van der Waals surface area contributed by atoms with Crippen molar-refractivity contribution in [1.29, 1.82) is 0 Å². The first-order valence-corrected chi connectivity index (χ1v) is 7.33. The summed E-state index contributed by atoms with van der Waals surface area (Å²) in [6.07, 6.45) is 2.91. The zero-order chi connectivity index (χ0) is 13.8. The highest BCUT2D eigenvalue weighted by Gasteiger charge is 2.26. The van der Waals surface area contributed by atoms with Crippen molar-refractivity contribution in [3.8, 4) is 0 Å². The fourth-order valence-corrected chi connectivity index (χ4v) is 3.08. The van der Waals surface area contributed by atoms with E-state index in [1.165, 1.54) is 0 Å². The van der Waals surface area contributed by atoms with Gasteiger partial charge in [-0.1, -0.05) is 27.7 Å². The predicted molar refractivity (Wildman–Crippen MR) is 76.5 cm³/mol. The van der Waals surface area contributed by atoms with Crippen LogP contribution in [0.4, 0.5) is 0 Å². The number of amides is 1. The van der Waals surface area contributed by atoms with Crippen LogP contribution in [0.5, 0.6) is 0 Å². The Balaban J connectivity index is 2.46. The van der Waals surface area contributed by atoms with Crippen molar-refractivity contribution in [3.05, 3.63) is 0 Å². The van der Waals surface area contributed by atoms with E-state index >= 15 is 0 Å². The van der Waals surface area contributed by atoms with E-state index in [1.54, 1.807) is 0 Å². The molecular weight excluding hydrogens is 224 g/mol. The minimum atomic E-state index is 0.311. The van der Waals surface area contributed by atoms with E-state index in [4.69, 9.17) is 0 Å². The second-order valence-corrected chi connectivity index (χ2v) is 6.90. The van der Waals surface area contributed by atoms with Gasteiger partial charge in [-0.05, 0) is 37.6 Å². The van der Waals surface area contributed by atoms with Gasteiger partial charge in [-0.15, -0.1) is 0 Å². The quantitative estimate of drug-likeness (QED) is 0.818. The molecule has 1 aliphatic rings. The van der Waals surface area contributed by atoms with Gasteiger partial charge in [0.05, 0.1) is 0 Å². The molecule has 0 bridgehead atoms. The van der Waals surface area contributed by atoms with E-state index in [9.17, 15) is 4.79 Å². The molecule has 1 aliphatic heterocycles. The summed E-state index contributed by atoms with van der Waals surface area (Å²) >= 11 is 0. The number of carbonyl (C=O) groups excluding carboxylic acids is 1. The lowest BCUT2D eigenvalue weighted by molar-refractivity contribution is -0.134. The summed E-state index contributed by atoms with van der Waals surface area (Å²) in [5.41, 5.74) is 0.311. The van der Waals surface area contributed by atoms with Gasteiger partial charge in [-0.2, -0.15) is 0 Å². The zero-order valence-electron chi connectivity index (χ0n) is 12.8. The summed E-state index contributed by atoms with van der Waals surface area (Å²) in [5.74, 6) is 0.809. The van der Waals surface area contributed by atoms with Crippen molar-refractivity contribution in [2.45, 2.75) is 59.9 Å². The van der Waals surface area contributed by atoms with Crippen molar-refractivity contribution >= 4 is 5.91 Å². The van der Waals surface area contributed by atoms with Crippen molar-refractivity contribution in [3.63, 3.8) is 0 Å². The average Bonchev–Trinajstić information content (AvgIpc) is 2.68. The fourth-order valence-electron chi connectivity index (χ4n) is 3.08. The van der Waals surface area contributed by atoms with Gasteiger partial charge >= 0.3 is 0 Å². The van der Waals surface area contributed by atoms with Crippen molar-refractivity contribution < 1.29 is 4.79 Å². The first-order chi connectivity index (χ1) is 8.33. The molecule has 3 heteroatoms. The van der Waals surface area contributed by atoms with Crippen LogP contribution in [0, 0.1) is 11.3 Å². The molecule has 2 unspecified atom stereocenters. The predicted octanol–water partition coefficient (Wildman–Crippen LogP) is 2.66. The monoisotopic (exact) mass is 254 g/mol. The molecule has 1 fully saturated rings. The van der Waals surface area contributed by atoms with Gasteiger partial charge in [0.2, 0.25) is 5.91 Å². The molecule has 0 saturated carbocycles. The molecule has 1 amide bonds. The first kappa shape index (κ1) is 15.5. The molecule has 1 heterocycles. The third-order valence-electron chi connectivity index (χ3n) is 3.62. The molecule has 0 aromatic heterocycles. The van der Waals surface area contributed by atoms with Crippen LogP contribution in [0.25, 0.3) is 0 Å². The number of nitrogens with one attached hydrogen (secondary N) is 1. The van der Waals surface area contributed by atoms with Gasteiger partial charge in [0.25, 0.3) is 0 Å². The molecule has 2 atom stereocenters. The Morgan fingerprint density at radius 1 is 1.44 bits per heavy atom. The Kier molecular flexibility index (Phi) is 5.64. The Hall–Kier alpha value is -0.570. The Bertz CT molecular complexity index is 264. The van der Waals surface area contributed by atoms with Crippen molar-refractivity contribution in [1.82, 2.24) is 10.2 Å². The molecule has 0 aromatic rings. The first-order valence-electron chi connectivity index (χ1n) is 7.33. The largest absolute Gasteiger partial charge is 0.339 e. The molecule has 0 spiro atoms. The van der Waals surface area contributed by atoms with E-state index in [-0.39, 0.29) is 0 Å². The maximum absolute atomic E-state index is 12.4. The molecule has 0 aromatic carbocycles. The summed E-state index contributed by atoms with van der Waals surface area (Å²) in [7, 11) is 0. The van der Waals surface area contributed by atoms with E-state index in [0.29, 0.717) is 29.7 Å². The van der Waals surface area contributed by atoms with E-state index in [0.717, 1.165) is 32.5 Å². The highest BCUT2D eigenvalue weighted by atomic mass is 16.2. The second-order valence-electron chi connectivity index (χ2n) is 6.90. The fraction of sp³-hybridized carbons (Fsp3) is 0.933. The summed E-state index contributed by atoms with van der Waals surface area (Å²) in [6, 6.07) is 0.421. The topological polar surface area (TPSA) is 32.3 Å². The van der Waals surface area contributed by atoms with Crippen LogP contribution in [0.1, 0.15) is 53.9 Å². The maximum Gasteiger partial charge on any atom is 0.223 e. The molecule has 1 N–H and O–H groups in total. The molecule has 1 saturated heterocycles. The van der Waals surface area contributed by atoms with Gasteiger partial charge in [-0.25, -0.2) is 0 Å². The lowest BCUT2D eigenvalue weighted by Crippen LogP contribution is -2.42. The normalized spacial score (nSPS) is 21.9. The molecular formula is C15H30N2O. The SMILES string of the molecule is CCN(C(=O)CC(C)CC(C)(C)C)C1CCNC1. The van der Waals surface area contributed by atoms with Crippen LogP contribution in [-0.2, 0) is 4.79 Å². The van der Waals surface area contributed by atoms with Crippen LogP contribution in [0.3, 0.4) is 0 Å². The van der Waals surface area contributed by atoms with Crippen molar-refractivity contribution in [2.24, 2.45) is 11.3 Å². The summed E-state index contributed by atoms with van der Waals surface area (Å²) in [5, 5.41) is 3.34. The van der Waals surface area contributed by atoms with Crippen LogP contribution in [0.15, 0.2) is 0 Å². The van der Waals surface area contributed by atoms with E-state index in [2.05, 4.69) is 44.8 Å². The summed E-state index contributed by atoms with van der Waals surface area (Å²) < 4.78 is 0. The zero-order valence-corrected chi connectivity index (χ0v) is 12.8. The standard InChI is InChI=1S/C15H30N2O/c1-6-17(13-7-8-16-11-13)14(18)9-12(2)10-15(3,4)5/h12-13,16H,6-11H2,1-5H3. The van der Waals surface area contributed by atoms with E-state index in [1.807, 2.05) is 0 Å². The third kappa shape index (κ3) is 4.97. The van der Waals surface area contributed by atoms with Crippen molar-refractivity contribution in [2.75, 3.05) is 19.6 Å². The number of likely N-dealkylation sites (N-methyl/N-ethyl adjacent to an activating group) is 1. The molecule has 1 rings (SSSR count).